The smallest absolute Gasteiger partial charge is 0.378 e. The number of ether oxygens (including phenoxy) is 1. The Morgan fingerprint density at radius 3 is 1.96 bits per heavy atom. The van der Waals surface area contributed by atoms with Crippen molar-refractivity contribution in [2.24, 2.45) is 0 Å². The van der Waals surface area contributed by atoms with Gasteiger partial charge < -0.3 is 9.64 Å². The van der Waals surface area contributed by atoms with Gasteiger partial charge in [0, 0.05) is 26.9 Å². The molecule has 0 saturated carbocycles. The SMILES string of the molecule is COC(C)(CC(F)(F)C(F)(F)C(F)(F)F)c1cccc(N(C)C)c1. The van der Waals surface area contributed by atoms with Crippen molar-refractivity contribution in [2.45, 2.75) is 37.0 Å². The Hall–Kier alpha value is -1.51. The van der Waals surface area contributed by atoms with Crippen LogP contribution in [0, 0.1) is 0 Å². The predicted octanol–water partition coefficient (Wildman–Crippen LogP) is 4.84. The number of nitrogens with zero attached hydrogens (tertiary/aromatic N) is 1. The van der Waals surface area contributed by atoms with Gasteiger partial charge in [-0.15, -0.1) is 0 Å². The number of rotatable bonds is 6. The molecule has 0 N–H and O–H groups in total. The van der Waals surface area contributed by atoms with Gasteiger partial charge in [-0.1, -0.05) is 12.1 Å². The third-order valence-corrected chi connectivity index (χ3v) is 3.80. The number of anilines is 1. The van der Waals surface area contributed by atoms with Crippen LogP contribution in [-0.2, 0) is 10.3 Å². The first-order valence-electron chi connectivity index (χ1n) is 6.83. The highest BCUT2D eigenvalue weighted by Gasteiger charge is 2.73. The van der Waals surface area contributed by atoms with Crippen molar-refractivity contribution in [1.82, 2.24) is 0 Å². The normalized spacial score (nSPS) is 16.0. The fourth-order valence-corrected chi connectivity index (χ4v) is 2.15. The molecule has 1 unspecified atom stereocenters. The summed E-state index contributed by atoms with van der Waals surface area (Å²) in [6.07, 6.45) is -8.20. The molecule has 0 aliphatic carbocycles. The third-order valence-electron chi connectivity index (χ3n) is 3.80. The van der Waals surface area contributed by atoms with E-state index < -0.39 is 30.0 Å². The second-order valence-electron chi connectivity index (χ2n) is 5.83. The van der Waals surface area contributed by atoms with Crippen LogP contribution >= 0.6 is 0 Å². The summed E-state index contributed by atoms with van der Waals surface area (Å²) in [6, 6.07) is 5.83. The minimum absolute atomic E-state index is 0.0637. The molecule has 0 spiro atoms. The lowest BCUT2D eigenvalue weighted by molar-refractivity contribution is -0.361. The van der Waals surface area contributed by atoms with E-state index in [1.165, 1.54) is 18.2 Å². The summed E-state index contributed by atoms with van der Waals surface area (Å²) in [6.45, 7) is 1.04. The lowest BCUT2D eigenvalue weighted by Crippen LogP contribution is -2.54. The summed E-state index contributed by atoms with van der Waals surface area (Å²) in [5.74, 6) is -11.5. The van der Waals surface area contributed by atoms with Crippen molar-refractivity contribution in [3.8, 4) is 0 Å². The molecule has 0 aliphatic heterocycles. The largest absolute Gasteiger partial charge is 0.459 e. The van der Waals surface area contributed by atoms with E-state index in [2.05, 4.69) is 0 Å². The molecule has 138 valence electrons. The molecule has 0 radical (unpaired) electrons. The zero-order valence-corrected chi connectivity index (χ0v) is 13.5. The Labute approximate surface area is 135 Å². The number of benzene rings is 1. The maximum atomic E-state index is 13.8. The average molecular weight is 361 g/mol. The second-order valence-corrected chi connectivity index (χ2v) is 5.83. The topological polar surface area (TPSA) is 12.5 Å². The van der Waals surface area contributed by atoms with Gasteiger partial charge in [-0.2, -0.15) is 30.7 Å². The first-order chi connectivity index (χ1) is 10.7. The fraction of sp³-hybridized carbons (Fsp3) is 0.600. The zero-order valence-electron chi connectivity index (χ0n) is 13.5. The molecule has 1 aromatic rings. The van der Waals surface area contributed by atoms with E-state index in [0.29, 0.717) is 5.69 Å². The summed E-state index contributed by atoms with van der Waals surface area (Å²) < 4.78 is 95.7. The van der Waals surface area contributed by atoms with Gasteiger partial charge in [-0.3, -0.25) is 0 Å². The van der Waals surface area contributed by atoms with Gasteiger partial charge in [0.05, 0.1) is 12.0 Å². The van der Waals surface area contributed by atoms with Gasteiger partial charge >= 0.3 is 18.0 Å². The first kappa shape index (κ1) is 20.5. The summed E-state index contributed by atoms with van der Waals surface area (Å²) in [4.78, 5) is 1.63. The van der Waals surface area contributed by atoms with Crippen LogP contribution in [0.1, 0.15) is 18.9 Å². The molecule has 0 aliphatic rings. The molecule has 2 nitrogen and oxygen atoms in total. The minimum Gasteiger partial charge on any atom is -0.378 e. The van der Waals surface area contributed by atoms with E-state index in [1.54, 1.807) is 25.1 Å². The fourth-order valence-electron chi connectivity index (χ4n) is 2.15. The number of halogens is 7. The van der Waals surface area contributed by atoms with E-state index in [-0.39, 0.29) is 5.56 Å². The second kappa shape index (κ2) is 6.42. The minimum atomic E-state index is -6.36. The van der Waals surface area contributed by atoms with Gasteiger partial charge in [0.2, 0.25) is 0 Å². The quantitative estimate of drug-likeness (QED) is 0.673. The van der Waals surface area contributed by atoms with E-state index >= 15 is 0 Å². The first-order valence-corrected chi connectivity index (χ1v) is 6.83. The van der Waals surface area contributed by atoms with Crippen LogP contribution in [0.4, 0.5) is 36.4 Å². The lowest BCUT2D eigenvalue weighted by Gasteiger charge is -2.36. The molecular weight excluding hydrogens is 343 g/mol. The lowest BCUT2D eigenvalue weighted by atomic mass is 9.87. The van der Waals surface area contributed by atoms with Crippen molar-refractivity contribution >= 4 is 5.69 Å². The molecule has 1 atom stereocenters. The monoisotopic (exact) mass is 361 g/mol. The van der Waals surface area contributed by atoms with Gasteiger partial charge in [0.1, 0.15) is 0 Å². The molecule has 1 aromatic carbocycles. The van der Waals surface area contributed by atoms with Gasteiger partial charge in [0.15, 0.2) is 0 Å². The summed E-state index contributed by atoms with van der Waals surface area (Å²) >= 11 is 0. The third kappa shape index (κ3) is 3.76. The van der Waals surface area contributed by atoms with Crippen molar-refractivity contribution in [2.75, 3.05) is 26.1 Å². The van der Waals surface area contributed by atoms with Crippen LogP contribution < -0.4 is 4.90 Å². The van der Waals surface area contributed by atoms with Crippen molar-refractivity contribution in [1.29, 1.82) is 0 Å². The highest BCUT2D eigenvalue weighted by atomic mass is 19.4. The Kier molecular flexibility index (Phi) is 5.49. The maximum absolute atomic E-state index is 13.8. The summed E-state index contributed by atoms with van der Waals surface area (Å²) in [5.41, 5.74) is -1.42. The highest BCUT2D eigenvalue weighted by molar-refractivity contribution is 5.48. The summed E-state index contributed by atoms with van der Waals surface area (Å²) in [5, 5.41) is 0. The number of hydrogen-bond donors (Lipinski definition) is 0. The molecule has 9 heteroatoms. The molecule has 0 heterocycles. The van der Waals surface area contributed by atoms with Crippen LogP contribution in [0.25, 0.3) is 0 Å². The molecular formula is C15H18F7NO. The van der Waals surface area contributed by atoms with E-state index in [9.17, 15) is 30.7 Å². The van der Waals surface area contributed by atoms with Crippen LogP contribution in [-0.4, -0.2) is 39.2 Å². The maximum Gasteiger partial charge on any atom is 0.459 e. The average Bonchev–Trinajstić information content (AvgIpc) is 2.45. The molecule has 0 amide bonds. The predicted molar refractivity (Wildman–Crippen MR) is 75.7 cm³/mol. The van der Waals surface area contributed by atoms with Gasteiger partial charge in [0.25, 0.3) is 0 Å². The Bertz CT molecular complexity index is 571. The van der Waals surface area contributed by atoms with Crippen molar-refractivity contribution in [3.63, 3.8) is 0 Å². The van der Waals surface area contributed by atoms with E-state index in [4.69, 9.17) is 4.74 Å². The molecule has 0 fully saturated rings. The number of methoxy groups -OCH3 is 1. The Morgan fingerprint density at radius 1 is 1.00 bits per heavy atom. The standard InChI is InChI=1S/C15H18F7NO/c1-12(24-4,10-6-5-7-11(8-10)23(2)3)9-13(16,17)14(18,19)15(20,21)22/h5-8H,9H2,1-4H3. The van der Waals surface area contributed by atoms with Crippen LogP contribution in [0.15, 0.2) is 24.3 Å². The van der Waals surface area contributed by atoms with Gasteiger partial charge in [-0.25, -0.2) is 0 Å². The van der Waals surface area contributed by atoms with E-state index in [0.717, 1.165) is 14.0 Å². The Balaban J connectivity index is 3.28. The zero-order chi connectivity index (χ0) is 19.0. The van der Waals surface area contributed by atoms with Crippen molar-refractivity contribution in [3.05, 3.63) is 29.8 Å². The van der Waals surface area contributed by atoms with Crippen LogP contribution in [0.5, 0.6) is 0 Å². The molecule has 0 saturated heterocycles. The number of hydrogen-bond acceptors (Lipinski definition) is 2. The molecule has 1 rings (SSSR count). The molecule has 0 bridgehead atoms. The Morgan fingerprint density at radius 2 is 1.54 bits per heavy atom. The molecule has 24 heavy (non-hydrogen) atoms. The van der Waals surface area contributed by atoms with Crippen LogP contribution in [0.2, 0.25) is 0 Å². The molecule has 0 aromatic heterocycles. The van der Waals surface area contributed by atoms with E-state index in [1.807, 2.05) is 0 Å². The summed E-state index contributed by atoms with van der Waals surface area (Å²) in [7, 11) is 4.30. The highest BCUT2D eigenvalue weighted by Crippen LogP contribution is 2.51. The van der Waals surface area contributed by atoms with Crippen molar-refractivity contribution < 1.29 is 35.5 Å². The number of alkyl halides is 7. The van der Waals surface area contributed by atoms with Crippen LogP contribution in [0.3, 0.4) is 0 Å². The van der Waals surface area contributed by atoms with Gasteiger partial charge in [-0.05, 0) is 24.6 Å².